The largest absolute Gasteiger partial charge is 0.375 e. The van der Waals surface area contributed by atoms with E-state index in [4.69, 9.17) is 4.74 Å². The fraction of sp³-hybridized carbons (Fsp3) is 1.00. The lowest BCUT2D eigenvalue weighted by Gasteiger charge is -2.42. The summed E-state index contributed by atoms with van der Waals surface area (Å²) in [5, 5.41) is 3.77. The van der Waals surface area contributed by atoms with Crippen LogP contribution in [-0.2, 0) is 4.74 Å². The topological polar surface area (TPSA) is 21.3 Å². The summed E-state index contributed by atoms with van der Waals surface area (Å²) in [6.07, 6.45) is 8.45. The molecule has 0 aromatic rings. The second-order valence-corrected chi connectivity index (χ2v) is 5.22. The molecule has 0 amide bonds. The Bertz CT molecular complexity index is 195. The summed E-state index contributed by atoms with van der Waals surface area (Å²) in [5.74, 6) is 0.947. The van der Waals surface area contributed by atoms with Crippen LogP contribution < -0.4 is 5.32 Å². The summed E-state index contributed by atoms with van der Waals surface area (Å²) in [6.45, 7) is 5.47. The van der Waals surface area contributed by atoms with Crippen molar-refractivity contribution in [3.63, 3.8) is 0 Å². The van der Waals surface area contributed by atoms with Crippen LogP contribution in [0, 0.1) is 5.92 Å². The summed E-state index contributed by atoms with van der Waals surface area (Å²) < 4.78 is 5.95. The third-order valence-electron chi connectivity index (χ3n) is 4.05. The van der Waals surface area contributed by atoms with E-state index in [0.717, 1.165) is 12.5 Å². The molecule has 4 unspecified atom stereocenters. The molecular weight excluding hydrogens is 186 g/mol. The number of nitrogens with one attached hydrogen (secondary N) is 1. The molecular formula is C13H25NO. The first-order valence-electron chi connectivity index (χ1n) is 6.71. The number of morpholine rings is 1. The van der Waals surface area contributed by atoms with Crippen LogP contribution >= 0.6 is 0 Å². The summed E-state index contributed by atoms with van der Waals surface area (Å²) >= 11 is 0. The van der Waals surface area contributed by atoms with Gasteiger partial charge in [0, 0.05) is 12.1 Å². The maximum Gasteiger partial charge on any atom is 0.0729 e. The molecule has 88 valence electrons. The third kappa shape index (κ3) is 2.73. The van der Waals surface area contributed by atoms with Crippen LogP contribution in [0.2, 0.25) is 0 Å². The summed E-state index contributed by atoms with van der Waals surface area (Å²) in [4.78, 5) is 0. The Morgan fingerprint density at radius 3 is 2.87 bits per heavy atom. The lowest BCUT2D eigenvalue weighted by Crippen LogP contribution is -2.56. The molecule has 2 rings (SSSR count). The molecule has 0 radical (unpaired) electrons. The van der Waals surface area contributed by atoms with Crippen LogP contribution in [0.5, 0.6) is 0 Å². The zero-order chi connectivity index (χ0) is 10.7. The van der Waals surface area contributed by atoms with Gasteiger partial charge in [-0.2, -0.15) is 0 Å². The van der Waals surface area contributed by atoms with Crippen molar-refractivity contribution in [3.05, 3.63) is 0 Å². The van der Waals surface area contributed by atoms with Crippen molar-refractivity contribution in [2.24, 2.45) is 5.92 Å². The maximum atomic E-state index is 5.95. The average Bonchev–Trinajstić information content (AvgIpc) is 2.28. The van der Waals surface area contributed by atoms with Gasteiger partial charge in [-0.1, -0.05) is 26.7 Å². The first kappa shape index (κ1) is 11.4. The molecule has 1 saturated carbocycles. The first-order chi connectivity index (χ1) is 7.33. The molecule has 0 aromatic carbocycles. The van der Waals surface area contributed by atoms with E-state index < -0.39 is 0 Å². The monoisotopic (exact) mass is 211 g/mol. The standard InChI is InChI=1S/C13H25NO/c1-3-5-10-6-7-13-12(8-10)14-11(4-2)9-15-13/h10-14H,3-9H2,1-2H3. The van der Waals surface area contributed by atoms with Gasteiger partial charge in [0.2, 0.25) is 0 Å². The quantitative estimate of drug-likeness (QED) is 0.775. The molecule has 0 aromatic heterocycles. The van der Waals surface area contributed by atoms with Gasteiger partial charge in [-0.3, -0.25) is 0 Å². The molecule has 15 heavy (non-hydrogen) atoms. The maximum absolute atomic E-state index is 5.95. The highest BCUT2D eigenvalue weighted by atomic mass is 16.5. The van der Waals surface area contributed by atoms with Crippen molar-refractivity contribution in [2.75, 3.05) is 6.61 Å². The van der Waals surface area contributed by atoms with Gasteiger partial charge in [-0.05, 0) is 31.6 Å². The van der Waals surface area contributed by atoms with E-state index in [1.54, 1.807) is 0 Å². The normalized spacial score (nSPS) is 41.2. The zero-order valence-corrected chi connectivity index (χ0v) is 10.2. The molecule has 1 saturated heterocycles. The molecule has 0 spiro atoms. The van der Waals surface area contributed by atoms with Crippen LogP contribution in [0.15, 0.2) is 0 Å². The van der Waals surface area contributed by atoms with E-state index in [1.165, 1.54) is 38.5 Å². The van der Waals surface area contributed by atoms with E-state index in [9.17, 15) is 0 Å². The minimum Gasteiger partial charge on any atom is -0.375 e. The summed E-state index contributed by atoms with van der Waals surface area (Å²) in [5.41, 5.74) is 0. The fourth-order valence-electron chi connectivity index (χ4n) is 3.10. The van der Waals surface area contributed by atoms with Crippen molar-refractivity contribution in [3.8, 4) is 0 Å². The van der Waals surface area contributed by atoms with Gasteiger partial charge in [0.25, 0.3) is 0 Å². The number of hydrogen-bond acceptors (Lipinski definition) is 2. The molecule has 1 aliphatic carbocycles. The Kier molecular flexibility index (Phi) is 4.04. The number of rotatable bonds is 3. The molecule has 4 atom stereocenters. The molecule has 1 N–H and O–H groups in total. The van der Waals surface area contributed by atoms with Gasteiger partial charge in [0.1, 0.15) is 0 Å². The van der Waals surface area contributed by atoms with Crippen LogP contribution in [-0.4, -0.2) is 24.8 Å². The van der Waals surface area contributed by atoms with Gasteiger partial charge in [-0.15, -0.1) is 0 Å². The van der Waals surface area contributed by atoms with Crippen LogP contribution in [0.25, 0.3) is 0 Å². The zero-order valence-electron chi connectivity index (χ0n) is 10.2. The Morgan fingerprint density at radius 2 is 2.13 bits per heavy atom. The highest BCUT2D eigenvalue weighted by molar-refractivity contribution is 4.91. The minimum absolute atomic E-state index is 0.515. The van der Waals surface area contributed by atoms with Gasteiger partial charge in [0.15, 0.2) is 0 Å². The van der Waals surface area contributed by atoms with Crippen LogP contribution in [0.1, 0.15) is 52.4 Å². The third-order valence-corrected chi connectivity index (χ3v) is 4.05. The van der Waals surface area contributed by atoms with Crippen LogP contribution in [0.4, 0.5) is 0 Å². The molecule has 2 nitrogen and oxygen atoms in total. The summed E-state index contributed by atoms with van der Waals surface area (Å²) in [7, 11) is 0. The van der Waals surface area contributed by atoms with E-state index in [1.807, 2.05) is 0 Å². The van der Waals surface area contributed by atoms with Crippen LogP contribution in [0.3, 0.4) is 0 Å². The fourth-order valence-corrected chi connectivity index (χ4v) is 3.10. The Labute approximate surface area is 93.8 Å². The molecule has 0 bridgehead atoms. The second kappa shape index (κ2) is 5.31. The number of hydrogen-bond donors (Lipinski definition) is 1. The highest BCUT2D eigenvalue weighted by Gasteiger charge is 2.35. The Hall–Kier alpha value is -0.0800. The van der Waals surface area contributed by atoms with Gasteiger partial charge >= 0.3 is 0 Å². The predicted molar refractivity (Wildman–Crippen MR) is 63.0 cm³/mol. The van der Waals surface area contributed by atoms with E-state index in [2.05, 4.69) is 19.2 Å². The Balaban J connectivity index is 1.86. The second-order valence-electron chi connectivity index (χ2n) is 5.22. The first-order valence-corrected chi connectivity index (χ1v) is 6.71. The number of ether oxygens (including phenoxy) is 1. The highest BCUT2D eigenvalue weighted by Crippen LogP contribution is 2.31. The summed E-state index contributed by atoms with van der Waals surface area (Å²) in [6, 6.07) is 1.25. The van der Waals surface area contributed by atoms with Gasteiger partial charge in [0.05, 0.1) is 12.7 Å². The van der Waals surface area contributed by atoms with Crippen molar-refractivity contribution >= 4 is 0 Å². The lowest BCUT2D eigenvalue weighted by atomic mass is 9.80. The van der Waals surface area contributed by atoms with E-state index in [0.29, 0.717) is 18.2 Å². The lowest BCUT2D eigenvalue weighted by molar-refractivity contribution is -0.0558. The minimum atomic E-state index is 0.515. The Morgan fingerprint density at radius 1 is 1.27 bits per heavy atom. The van der Waals surface area contributed by atoms with E-state index >= 15 is 0 Å². The van der Waals surface area contributed by atoms with Crippen molar-refractivity contribution < 1.29 is 4.74 Å². The smallest absolute Gasteiger partial charge is 0.0729 e. The van der Waals surface area contributed by atoms with Crippen molar-refractivity contribution in [1.82, 2.24) is 5.32 Å². The van der Waals surface area contributed by atoms with Crippen molar-refractivity contribution in [1.29, 1.82) is 0 Å². The number of fused-ring (bicyclic) bond motifs is 1. The van der Waals surface area contributed by atoms with Gasteiger partial charge in [-0.25, -0.2) is 0 Å². The van der Waals surface area contributed by atoms with E-state index in [-0.39, 0.29) is 0 Å². The van der Waals surface area contributed by atoms with Gasteiger partial charge < -0.3 is 10.1 Å². The predicted octanol–water partition coefficient (Wildman–Crippen LogP) is 2.72. The molecule has 1 heterocycles. The SMILES string of the molecule is CCCC1CCC2OCC(CC)NC2C1. The molecule has 1 aliphatic heterocycles. The van der Waals surface area contributed by atoms with Crippen molar-refractivity contribution in [2.45, 2.75) is 70.6 Å². The average molecular weight is 211 g/mol. The molecule has 2 heteroatoms. The molecule has 2 aliphatic rings. The molecule has 2 fully saturated rings.